The maximum Gasteiger partial charge on any atom is 0.0367 e. The largest absolute Gasteiger partial charge is 0.385 e. The van der Waals surface area contributed by atoms with Gasteiger partial charge in [-0.15, -0.1) is 0 Å². The van der Waals surface area contributed by atoms with Crippen molar-refractivity contribution in [1.82, 2.24) is 0 Å². The Bertz CT molecular complexity index is 355. The zero-order chi connectivity index (χ0) is 14.0. The molecule has 3 N–H and O–H groups in total. The Kier molecular flexibility index (Phi) is 6.72. The van der Waals surface area contributed by atoms with Crippen LogP contribution in [0.15, 0.2) is 24.3 Å². The van der Waals surface area contributed by atoms with Crippen molar-refractivity contribution in [2.75, 3.05) is 36.4 Å². The third-order valence-electron chi connectivity index (χ3n) is 4.05. The highest BCUT2D eigenvalue weighted by Crippen LogP contribution is 2.21. The van der Waals surface area contributed by atoms with Crippen LogP contribution in [0.5, 0.6) is 0 Å². The summed E-state index contributed by atoms with van der Waals surface area (Å²) in [6, 6.07) is 8.93. The summed E-state index contributed by atoms with van der Waals surface area (Å²) in [6.07, 6.45) is 8.98. The zero-order valence-electron chi connectivity index (χ0n) is 12.6. The summed E-state index contributed by atoms with van der Waals surface area (Å²) in [5, 5.41) is 3.50. The van der Waals surface area contributed by atoms with E-state index in [1.807, 2.05) is 0 Å². The Labute approximate surface area is 123 Å². The second kappa shape index (κ2) is 8.85. The minimum atomic E-state index is 0.825. The Balaban J connectivity index is 1.68. The molecule has 0 aliphatic carbocycles. The lowest BCUT2D eigenvalue weighted by molar-refractivity contribution is 0.578. The molecule has 3 nitrogen and oxygen atoms in total. The van der Waals surface area contributed by atoms with Gasteiger partial charge in [-0.05, 0) is 62.9 Å². The zero-order valence-corrected chi connectivity index (χ0v) is 12.6. The molecule has 20 heavy (non-hydrogen) atoms. The van der Waals surface area contributed by atoms with Gasteiger partial charge in [0.2, 0.25) is 0 Å². The number of benzene rings is 1. The molecule has 1 saturated heterocycles. The summed E-state index contributed by atoms with van der Waals surface area (Å²) in [6.45, 7) is 4.32. The van der Waals surface area contributed by atoms with Crippen LogP contribution in [-0.4, -0.2) is 26.2 Å². The Hall–Kier alpha value is -1.22. The number of rotatable bonds is 8. The molecule has 1 heterocycles. The molecular weight excluding hydrogens is 246 g/mol. The lowest BCUT2D eigenvalue weighted by Gasteiger charge is -2.28. The van der Waals surface area contributed by atoms with Crippen LogP contribution >= 0.6 is 0 Å². The Morgan fingerprint density at radius 1 is 0.900 bits per heavy atom. The van der Waals surface area contributed by atoms with E-state index in [0.29, 0.717) is 0 Å². The first-order chi connectivity index (χ1) is 9.90. The quantitative estimate of drug-likeness (QED) is 0.712. The number of unbranched alkanes of at least 4 members (excludes halogenated alkanes) is 3. The van der Waals surface area contributed by atoms with Gasteiger partial charge in [-0.2, -0.15) is 0 Å². The molecule has 0 aromatic heterocycles. The highest BCUT2D eigenvalue weighted by Gasteiger charge is 2.10. The summed E-state index contributed by atoms with van der Waals surface area (Å²) in [4.78, 5) is 2.50. The number of hydrogen-bond acceptors (Lipinski definition) is 3. The average Bonchev–Trinajstić information content (AvgIpc) is 2.52. The number of nitrogens with one attached hydrogen (secondary N) is 1. The van der Waals surface area contributed by atoms with E-state index in [-0.39, 0.29) is 0 Å². The second-order valence-electron chi connectivity index (χ2n) is 5.72. The molecule has 0 amide bonds. The minimum Gasteiger partial charge on any atom is -0.385 e. The lowest BCUT2D eigenvalue weighted by atomic mass is 10.1. The fourth-order valence-electron chi connectivity index (χ4n) is 2.80. The summed E-state index contributed by atoms with van der Waals surface area (Å²) >= 11 is 0. The molecule has 1 fully saturated rings. The van der Waals surface area contributed by atoms with Gasteiger partial charge in [0.15, 0.2) is 0 Å². The van der Waals surface area contributed by atoms with E-state index in [9.17, 15) is 0 Å². The van der Waals surface area contributed by atoms with Crippen LogP contribution in [0.3, 0.4) is 0 Å². The molecule has 0 bridgehead atoms. The van der Waals surface area contributed by atoms with Gasteiger partial charge < -0.3 is 16.0 Å². The van der Waals surface area contributed by atoms with Crippen molar-refractivity contribution in [3.63, 3.8) is 0 Å². The lowest BCUT2D eigenvalue weighted by Crippen LogP contribution is -2.29. The molecule has 0 radical (unpaired) electrons. The predicted molar refractivity (Wildman–Crippen MR) is 88.5 cm³/mol. The van der Waals surface area contributed by atoms with Crippen molar-refractivity contribution in [3.8, 4) is 0 Å². The summed E-state index contributed by atoms with van der Waals surface area (Å²) in [5.41, 5.74) is 8.10. The molecule has 0 spiro atoms. The third kappa shape index (κ3) is 5.04. The van der Waals surface area contributed by atoms with Crippen molar-refractivity contribution < 1.29 is 0 Å². The van der Waals surface area contributed by atoms with Crippen molar-refractivity contribution in [2.24, 2.45) is 5.73 Å². The predicted octanol–water partition coefficient (Wildman–Crippen LogP) is 3.61. The normalized spacial score (nSPS) is 15.3. The molecular formula is C17H29N3. The number of piperidine rings is 1. The van der Waals surface area contributed by atoms with Crippen LogP contribution in [0.1, 0.15) is 44.9 Å². The van der Waals surface area contributed by atoms with Gasteiger partial charge in [-0.3, -0.25) is 0 Å². The van der Waals surface area contributed by atoms with Crippen molar-refractivity contribution in [1.29, 1.82) is 0 Å². The van der Waals surface area contributed by atoms with Gasteiger partial charge in [0.25, 0.3) is 0 Å². The second-order valence-corrected chi connectivity index (χ2v) is 5.72. The highest BCUT2D eigenvalue weighted by molar-refractivity contribution is 5.55. The Morgan fingerprint density at radius 2 is 1.60 bits per heavy atom. The van der Waals surface area contributed by atoms with Gasteiger partial charge in [0, 0.05) is 31.0 Å². The van der Waals surface area contributed by atoms with Gasteiger partial charge in [0.1, 0.15) is 0 Å². The van der Waals surface area contributed by atoms with Crippen molar-refractivity contribution >= 4 is 11.4 Å². The first-order valence-electron chi connectivity index (χ1n) is 8.19. The van der Waals surface area contributed by atoms with Gasteiger partial charge in [-0.1, -0.05) is 12.8 Å². The van der Waals surface area contributed by atoms with Crippen molar-refractivity contribution in [2.45, 2.75) is 44.9 Å². The number of nitrogens with zero attached hydrogens (tertiary/aromatic N) is 1. The molecule has 1 aromatic rings. The van der Waals surface area contributed by atoms with E-state index in [0.717, 1.165) is 19.5 Å². The topological polar surface area (TPSA) is 41.3 Å². The molecule has 0 unspecified atom stereocenters. The van der Waals surface area contributed by atoms with Crippen LogP contribution in [0.2, 0.25) is 0 Å². The van der Waals surface area contributed by atoms with E-state index >= 15 is 0 Å². The standard InChI is InChI=1S/C17H29N3/c18-12-4-1-2-5-13-19-16-8-10-17(11-9-16)20-14-6-3-7-15-20/h8-11,19H,1-7,12-15,18H2. The highest BCUT2D eigenvalue weighted by atomic mass is 15.1. The third-order valence-corrected chi connectivity index (χ3v) is 4.05. The van der Waals surface area contributed by atoms with Gasteiger partial charge >= 0.3 is 0 Å². The number of anilines is 2. The summed E-state index contributed by atoms with van der Waals surface area (Å²) < 4.78 is 0. The molecule has 1 aliphatic heterocycles. The molecule has 0 saturated carbocycles. The van der Waals surface area contributed by atoms with E-state index in [2.05, 4.69) is 34.5 Å². The first-order valence-corrected chi connectivity index (χ1v) is 8.19. The monoisotopic (exact) mass is 275 g/mol. The molecule has 112 valence electrons. The average molecular weight is 275 g/mol. The van der Waals surface area contributed by atoms with Crippen LogP contribution in [0.25, 0.3) is 0 Å². The molecule has 1 aromatic carbocycles. The summed E-state index contributed by atoms with van der Waals surface area (Å²) in [5.74, 6) is 0. The van der Waals surface area contributed by atoms with Gasteiger partial charge in [-0.25, -0.2) is 0 Å². The number of nitrogens with two attached hydrogens (primary N) is 1. The van der Waals surface area contributed by atoms with E-state index in [1.165, 1.54) is 63.0 Å². The van der Waals surface area contributed by atoms with Crippen molar-refractivity contribution in [3.05, 3.63) is 24.3 Å². The fraction of sp³-hybridized carbons (Fsp3) is 0.647. The Morgan fingerprint density at radius 3 is 2.30 bits per heavy atom. The molecule has 1 aliphatic rings. The fourth-order valence-corrected chi connectivity index (χ4v) is 2.80. The maximum absolute atomic E-state index is 5.49. The van der Waals surface area contributed by atoms with Crippen LogP contribution in [0, 0.1) is 0 Å². The van der Waals surface area contributed by atoms with Crippen LogP contribution < -0.4 is 16.0 Å². The van der Waals surface area contributed by atoms with E-state index < -0.39 is 0 Å². The van der Waals surface area contributed by atoms with E-state index in [4.69, 9.17) is 5.73 Å². The SMILES string of the molecule is NCCCCCCNc1ccc(N2CCCCC2)cc1. The maximum atomic E-state index is 5.49. The van der Waals surface area contributed by atoms with Crippen LogP contribution in [0.4, 0.5) is 11.4 Å². The molecule has 2 rings (SSSR count). The minimum absolute atomic E-state index is 0.825. The molecule has 3 heteroatoms. The van der Waals surface area contributed by atoms with Gasteiger partial charge in [0.05, 0.1) is 0 Å². The number of hydrogen-bond donors (Lipinski definition) is 2. The smallest absolute Gasteiger partial charge is 0.0367 e. The van der Waals surface area contributed by atoms with E-state index in [1.54, 1.807) is 0 Å². The summed E-state index contributed by atoms with van der Waals surface area (Å²) in [7, 11) is 0. The first kappa shape index (κ1) is 15.2. The van der Waals surface area contributed by atoms with Crippen LogP contribution in [-0.2, 0) is 0 Å². The molecule has 0 atom stereocenters.